The highest BCUT2D eigenvalue weighted by atomic mass is 32.1. The number of pyridine rings is 1. The Bertz CT molecular complexity index is 1160. The lowest BCUT2D eigenvalue weighted by Gasteiger charge is -2.21. The van der Waals surface area contributed by atoms with Crippen LogP contribution in [0.2, 0.25) is 0 Å². The molecule has 0 saturated carbocycles. The second-order valence-corrected chi connectivity index (χ2v) is 8.40. The Morgan fingerprint density at radius 3 is 2.72 bits per heavy atom. The largest absolute Gasteiger partial charge is 0.278 e. The van der Waals surface area contributed by atoms with Crippen LogP contribution in [0, 0.1) is 13.8 Å². The lowest BCUT2D eigenvalue weighted by molar-refractivity contribution is 0.0972. The van der Waals surface area contributed by atoms with E-state index < -0.39 is 0 Å². The van der Waals surface area contributed by atoms with E-state index in [0.717, 1.165) is 21.6 Å². The van der Waals surface area contributed by atoms with Crippen molar-refractivity contribution < 1.29 is 4.79 Å². The summed E-state index contributed by atoms with van der Waals surface area (Å²) in [6.45, 7) is 8.35. The molecule has 0 atom stereocenters. The smallest absolute Gasteiger partial charge is 0.277 e. The van der Waals surface area contributed by atoms with Crippen LogP contribution in [-0.4, -0.2) is 25.7 Å². The van der Waals surface area contributed by atoms with Crippen molar-refractivity contribution in [1.29, 1.82) is 0 Å². The molecule has 4 rings (SSSR count). The molecule has 1 amide bonds. The van der Waals surface area contributed by atoms with E-state index in [9.17, 15) is 4.79 Å². The van der Waals surface area contributed by atoms with E-state index in [0.29, 0.717) is 17.4 Å². The van der Waals surface area contributed by atoms with Crippen LogP contribution in [0.4, 0.5) is 5.13 Å². The number of amides is 1. The van der Waals surface area contributed by atoms with Gasteiger partial charge in [0.2, 0.25) is 0 Å². The third kappa shape index (κ3) is 3.91. The molecule has 0 saturated heterocycles. The minimum atomic E-state index is -0.124. The summed E-state index contributed by atoms with van der Waals surface area (Å²) in [4.78, 5) is 24.5. The summed E-state index contributed by atoms with van der Waals surface area (Å²) in [7, 11) is 0. The maximum atomic E-state index is 13.6. The molecule has 0 aliphatic rings. The van der Waals surface area contributed by atoms with Crippen LogP contribution in [0.25, 0.3) is 10.2 Å². The second-order valence-electron chi connectivity index (χ2n) is 7.39. The molecular formula is C22H23N5OS. The molecule has 4 aromatic rings. The molecule has 0 radical (unpaired) electrons. The average molecular weight is 406 g/mol. The van der Waals surface area contributed by atoms with Gasteiger partial charge in [0.25, 0.3) is 5.91 Å². The number of hydrogen-bond acceptors (Lipinski definition) is 5. The third-order valence-corrected chi connectivity index (χ3v) is 5.66. The van der Waals surface area contributed by atoms with Crippen molar-refractivity contribution in [1.82, 2.24) is 19.7 Å². The van der Waals surface area contributed by atoms with Gasteiger partial charge in [-0.05, 0) is 63.6 Å². The van der Waals surface area contributed by atoms with Crippen molar-refractivity contribution in [2.24, 2.45) is 0 Å². The minimum absolute atomic E-state index is 0.0809. The van der Waals surface area contributed by atoms with Gasteiger partial charge in [-0.3, -0.25) is 19.4 Å². The van der Waals surface area contributed by atoms with Gasteiger partial charge < -0.3 is 0 Å². The second kappa shape index (κ2) is 7.75. The van der Waals surface area contributed by atoms with Crippen molar-refractivity contribution >= 4 is 32.6 Å². The quantitative estimate of drug-likeness (QED) is 0.472. The van der Waals surface area contributed by atoms with E-state index in [4.69, 9.17) is 4.98 Å². The van der Waals surface area contributed by atoms with E-state index in [-0.39, 0.29) is 11.9 Å². The van der Waals surface area contributed by atoms with Crippen LogP contribution in [0.1, 0.15) is 47.3 Å². The Kier molecular flexibility index (Phi) is 5.15. The highest BCUT2D eigenvalue weighted by Gasteiger charge is 2.26. The first-order valence-corrected chi connectivity index (χ1v) is 10.4. The van der Waals surface area contributed by atoms with Crippen molar-refractivity contribution in [3.8, 4) is 0 Å². The highest BCUT2D eigenvalue weighted by Crippen LogP contribution is 2.31. The molecule has 0 unspecified atom stereocenters. The number of anilines is 1. The zero-order valence-corrected chi connectivity index (χ0v) is 17.8. The summed E-state index contributed by atoms with van der Waals surface area (Å²) in [6.07, 6.45) is 1.74. The van der Waals surface area contributed by atoms with Crippen molar-refractivity contribution in [3.05, 3.63) is 71.3 Å². The lowest BCUT2D eigenvalue weighted by atomic mass is 10.2. The van der Waals surface area contributed by atoms with E-state index >= 15 is 0 Å². The molecule has 6 nitrogen and oxygen atoms in total. The van der Waals surface area contributed by atoms with Crippen LogP contribution in [0.5, 0.6) is 0 Å². The predicted molar refractivity (Wildman–Crippen MR) is 116 cm³/mol. The standard InChI is InChI=1S/C22H23N5OS/c1-14(2)27-19(12-16(4)25-27)21(28)26(13-17-7-5-6-10-23-17)22-24-18-9-8-15(3)11-20(18)29-22/h5-12,14H,13H2,1-4H3. The molecular weight excluding hydrogens is 382 g/mol. The molecule has 0 N–H and O–H groups in total. The van der Waals surface area contributed by atoms with Gasteiger partial charge in [-0.15, -0.1) is 0 Å². The fourth-order valence-electron chi connectivity index (χ4n) is 3.22. The number of hydrogen-bond donors (Lipinski definition) is 0. The third-order valence-electron chi connectivity index (χ3n) is 4.62. The Morgan fingerprint density at radius 1 is 1.17 bits per heavy atom. The van der Waals surface area contributed by atoms with Gasteiger partial charge >= 0.3 is 0 Å². The van der Waals surface area contributed by atoms with Crippen LogP contribution in [0.3, 0.4) is 0 Å². The zero-order chi connectivity index (χ0) is 20.5. The fourth-order valence-corrected chi connectivity index (χ4v) is 4.28. The fraction of sp³-hybridized carbons (Fsp3) is 0.273. The molecule has 29 heavy (non-hydrogen) atoms. The van der Waals surface area contributed by atoms with Gasteiger partial charge in [-0.25, -0.2) is 4.98 Å². The van der Waals surface area contributed by atoms with Crippen LogP contribution in [-0.2, 0) is 6.54 Å². The summed E-state index contributed by atoms with van der Waals surface area (Å²) in [5, 5.41) is 5.17. The van der Waals surface area contributed by atoms with Crippen LogP contribution >= 0.6 is 11.3 Å². The summed E-state index contributed by atoms with van der Waals surface area (Å²) in [5.74, 6) is -0.124. The van der Waals surface area contributed by atoms with E-state index in [1.807, 2.05) is 57.2 Å². The Hall–Kier alpha value is -3.06. The molecule has 1 aromatic carbocycles. The summed E-state index contributed by atoms with van der Waals surface area (Å²) in [6, 6.07) is 13.8. The molecule has 3 aromatic heterocycles. The molecule has 148 valence electrons. The van der Waals surface area contributed by atoms with Gasteiger partial charge in [0.05, 0.1) is 28.1 Å². The predicted octanol–water partition coefficient (Wildman–Crippen LogP) is 4.93. The monoisotopic (exact) mass is 405 g/mol. The molecule has 0 aliphatic carbocycles. The Balaban J connectivity index is 1.80. The lowest BCUT2D eigenvalue weighted by Crippen LogP contribution is -2.32. The molecule has 0 spiro atoms. The van der Waals surface area contributed by atoms with E-state index in [2.05, 4.69) is 23.1 Å². The van der Waals surface area contributed by atoms with Crippen LogP contribution in [0.15, 0.2) is 48.7 Å². The Labute approximate surface area is 173 Å². The maximum Gasteiger partial charge on any atom is 0.278 e. The number of carbonyl (C=O) groups is 1. The van der Waals surface area contributed by atoms with Gasteiger partial charge in [-0.2, -0.15) is 5.10 Å². The normalized spacial score (nSPS) is 11.3. The molecule has 3 heterocycles. The number of nitrogens with zero attached hydrogens (tertiary/aromatic N) is 5. The average Bonchev–Trinajstić information content (AvgIpc) is 3.29. The number of fused-ring (bicyclic) bond motifs is 1. The molecule has 0 bridgehead atoms. The first-order chi connectivity index (χ1) is 13.9. The van der Waals surface area contributed by atoms with E-state index in [1.165, 1.54) is 16.9 Å². The van der Waals surface area contributed by atoms with Crippen LogP contribution < -0.4 is 4.90 Å². The van der Waals surface area contributed by atoms with Gasteiger partial charge in [0.15, 0.2) is 5.13 Å². The molecule has 0 fully saturated rings. The zero-order valence-electron chi connectivity index (χ0n) is 17.0. The van der Waals surface area contributed by atoms with Crippen molar-refractivity contribution in [2.45, 2.75) is 40.3 Å². The van der Waals surface area contributed by atoms with Gasteiger partial charge in [-0.1, -0.05) is 23.5 Å². The maximum absolute atomic E-state index is 13.6. The number of carbonyl (C=O) groups excluding carboxylic acids is 1. The minimum Gasteiger partial charge on any atom is -0.277 e. The van der Waals surface area contributed by atoms with Crippen molar-refractivity contribution in [2.75, 3.05) is 4.90 Å². The van der Waals surface area contributed by atoms with E-state index in [1.54, 1.807) is 15.8 Å². The number of benzene rings is 1. The summed E-state index contributed by atoms with van der Waals surface area (Å²) in [5.41, 5.74) is 4.25. The van der Waals surface area contributed by atoms with Gasteiger partial charge in [0, 0.05) is 12.2 Å². The molecule has 0 aliphatic heterocycles. The highest BCUT2D eigenvalue weighted by molar-refractivity contribution is 7.22. The Morgan fingerprint density at radius 2 is 2.00 bits per heavy atom. The molecule has 7 heteroatoms. The van der Waals surface area contributed by atoms with Crippen molar-refractivity contribution in [3.63, 3.8) is 0 Å². The topological polar surface area (TPSA) is 63.9 Å². The number of aromatic nitrogens is 4. The summed E-state index contributed by atoms with van der Waals surface area (Å²) < 4.78 is 2.84. The SMILES string of the molecule is Cc1ccc2nc(N(Cc3ccccn3)C(=O)c3cc(C)nn3C(C)C)sc2c1. The first-order valence-electron chi connectivity index (χ1n) is 9.57. The van der Waals surface area contributed by atoms with Gasteiger partial charge in [0.1, 0.15) is 5.69 Å². The first kappa shape index (κ1) is 19.3. The number of aryl methyl sites for hydroxylation is 2. The number of thiazole rings is 1. The number of rotatable bonds is 5. The summed E-state index contributed by atoms with van der Waals surface area (Å²) >= 11 is 1.52.